The molecule has 2 N–H and O–H groups in total. The van der Waals surface area contributed by atoms with Crippen molar-refractivity contribution in [1.29, 1.82) is 0 Å². The average molecular weight is 300 g/mol. The minimum atomic E-state index is 0.545. The highest BCUT2D eigenvalue weighted by Crippen LogP contribution is 2.25. The van der Waals surface area contributed by atoms with Crippen molar-refractivity contribution in [2.24, 2.45) is 0 Å². The maximum Gasteiger partial charge on any atom is 0.175 e. The van der Waals surface area contributed by atoms with Crippen LogP contribution in [-0.4, -0.2) is 12.2 Å². The largest absolute Gasteiger partial charge is 0.495 e. The zero-order valence-corrected chi connectivity index (χ0v) is 13.4. The Morgan fingerprint density at radius 3 is 2.43 bits per heavy atom. The number of ether oxygens (including phenoxy) is 1. The van der Waals surface area contributed by atoms with E-state index in [0.29, 0.717) is 5.11 Å². The monoisotopic (exact) mass is 300 g/mol. The number of anilines is 2. The van der Waals surface area contributed by atoms with E-state index in [-0.39, 0.29) is 0 Å². The molecule has 0 spiro atoms. The number of nitrogens with one attached hydrogen (secondary N) is 2. The Bertz CT molecular complexity index is 623. The van der Waals surface area contributed by atoms with Crippen LogP contribution in [0.5, 0.6) is 5.75 Å². The van der Waals surface area contributed by atoms with Gasteiger partial charge in [0.05, 0.1) is 12.8 Å². The molecule has 0 amide bonds. The summed E-state index contributed by atoms with van der Waals surface area (Å²) in [6.45, 7) is 4.17. The third-order valence-corrected chi connectivity index (χ3v) is 3.43. The molecule has 0 saturated heterocycles. The molecule has 0 fully saturated rings. The molecule has 0 atom stereocenters. The summed E-state index contributed by atoms with van der Waals surface area (Å²) >= 11 is 5.35. The van der Waals surface area contributed by atoms with E-state index in [9.17, 15) is 0 Å². The van der Waals surface area contributed by atoms with Crippen molar-refractivity contribution in [3.63, 3.8) is 0 Å². The Balaban J connectivity index is 2.05. The fourth-order valence-electron chi connectivity index (χ4n) is 2.03. The van der Waals surface area contributed by atoms with Crippen molar-refractivity contribution in [2.75, 3.05) is 17.7 Å². The first-order valence-corrected chi connectivity index (χ1v) is 7.34. The number of rotatable bonds is 4. The van der Waals surface area contributed by atoms with Crippen LogP contribution in [0.15, 0.2) is 42.5 Å². The fraction of sp³-hybridized carbons (Fsp3) is 0.235. The molecule has 0 aliphatic heterocycles. The molecule has 2 rings (SSSR count). The first-order valence-electron chi connectivity index (χ1n) is 6.94. The molecule has 0 aromatic heterocycles. The second-order valence-corrected chi connectivity index (χ2v) is 5.24. The molecule has 0 saturated carbocycles. The average Bonchev–Trinajstić information content (AvgIpc) is 2.48. The fourth-order valence-corrected chi connectivity index (χ4v) is 2.26. The van der Waals surface area contributed by atoms with Gasteiger partial charge in [-0.3, -0.25) is 0 Å². The van der Waals surface area contributed by atoms with Crippen molar-refractivity contribution in [3.05, 3.63) is 53.6 Å². The predicted octanol–water partition coefficient (Wildman–Crippen LogP) is 4.37. The lowest BCUT2D eigenvalue weighted by molar-refractivity contribution is 0.417. The normalized spacial score (nSPS) is 10.0. The van der Waals surface area contributed by atoms with Crippen LogP contribution in [0.3, 0.4) is 0 Å². The first-order chi connectivity index (χ1) is 10.1. The van der Waals surface area contributed by atoms with Gasteiger partial charge in [-0.15, -0.1) is 0 Å². The zero-order valence-electron chi connectivity index (χ0n) is 12.6. The topological polar surface area (TPSA) is 33.3 Å². The molecule has 0 unspecified atom stereocenters. The molecule has 110 valence electrons. The standard InChI is InChI=1S/C17H20N2OS/c1-4-13-6-8-14(9-7-13)18-17(21)19-15-11-12(2)5-10-16(15)20-3/h5-11H,4H2,1-3H3,(H2,18,19,21). The maximum absolute atomic E-state index is 5.35. The number of thiocarbonyl (C=S) groups is 1. The number of benzene rings is 2. The molecule has 3 nitrogen and oxygen atoms in total. The lowest BCUT2D eigenvalue weighted by atomic mass is 10.1. The molecule has 0 heterocycles. The summed E-state index contributed by atoms with van der Waals surface area (Å²) in [6.07, 6.45) is 1.03. The smallest absolute Gasteiger partial charge is 0.175 e. The Hall–Kier alpha value is -2.07. The summed E-state index contributed by atoms with van der Waals surface area (Å²) < 4.78 is 5.33. The molecular weight excluding hydrogens is 280 g/mol. The predicted molar refractivity (Wildman–Crippen MR) is 93.4 cm³/mol. The second-order valence-electron chi connectivity index (χ2n) is 4.83. The SMILES string of the molecule is CCc1ccc(NC(=S)Nc2cc(C)ccc2OC)cc1. The van der Waals surface area contributed by atoms with E-state index in [4.69, 9.17) is 17.0 Å². The highest BCUT2D eigenvalue weighted by atomic mass is 32.1. The summed E-state index contributed by atoms with van der Waals surface area (Å²) in [4.78, 5) is 0. The van der Waals surface area contributed by atoms with Crippen LogP contribution in [0.1, 0.15) is 18.1 Å². The van der Waals surface area contributed by atoms with E-state index in [2.05, 4.69) is 29.7 Å². The molecule has 21 heavy (non-hydrogen) atoms. The van der Waals surface area contributed by atoms with Gasteiger partial charge in [0, 0.05) is 5.69 Å². The first kappa shape index (κ1) is 15.3. The van der Waals surface area contributed by atoms with Gasteiger partial charge in [-0.2, -0.15) is 0 Å². The Kier molecular flexibility index (Phi) is 5.17. The van der Waals surface area contributed by atoms with Gasteiger partial charge in [0.1, 0.15) is 5.75 Å². The molecule has 0 aliphatic rings. The van der Waals surface area contributed by atoms with E-state index in [0.717, 1.165) is 29.1 Å². The van der Waals surface area contributed by atoms with E-state index in [1.165, 1.54) is 5.56 Å². The summed E-state index contributed by atoms with van der Waals surface area (Å²) in [5, 5.41) is 6.90. The zero-order chi connectivity index (χ0) is 15.2. The Morgan fingerprint density at radius 1 is 1.10 bits per heavy atom. The minimum absolute atomic E-state index is 0.545. The summed E-state index contributed by atoms with van der Waals surface area (Å²) in [5.41, 5.74) is 4.28. The summed E-state index contributed by atoms with van der Waals surface area (Å²) in [7, 11) is 1.65. The number of aryl methyl sites for hydroxylation is 2. The third-order valence-electron chi connectivity index (χ3n) is 3.22. The molecule has 4 heteroatoms. The van der Waals surface area contributed by atoms with Gasteiger partial charge in [-0.05, 0) is 61.0 Å². The van der Waals surface area contributed by atoms with Crippen LogP contribution < -0.4 is 15.4 Å². The van der Waals surface area contributed by atoms with E-state index in [1.807, 2.05) is 37.3 Å². The van der Waals surface area contributed by atoms with Crippen molar-refractivity contribution in [2.45, 2.75) is 20.3 Å². The Morgan fingerprint density at radius 2 is 1.81 bits per heavy atom. The molecule has 2 aromatic rings. The summed E-state index contributed by atoms with van der Waals surface area (Å²) in [5.74, 6) is 0.770. The van der Waals surface area contributed by atoms with Gasteiger partial charge >= 0.3 is 0 Å². The van der Waals surface area contributed by atoms with Crippen LogP contribution in [0.4, 0.5) is 11.4 Å². The van der Waals surface area contributed by atoms with Crippen molar-refractivity contribution in [3.8, 4) is 5.75 Å². The molecule has 0 aliphatic carbocycles. The molecular formula is C17H20N2OS. The minimum Gasteiger partial charge on any atom is -0.495 e. The van der Waals surface area contributed by atoms with Crippen molar-refractivity contribution in [1.82, 2.24) is 0 Å². The molecule has 2 aromatic carbocycles. The Labute approximate surface area is 131 Å². The highest BCUT2D eigenvalue weighted by molar-refractivity contribution is 7.80. The van der Waals surface area contributed by atoms with E-state index in [1.54, 1.807) is 7.11 Å². The molecule has 0 radical (unpaired) electrons. The van der Waals surface area contributed by atoms with Gasteiger partial charge in [0.15, 0.2) is 5.11 Å². The van der Waals surface area contributed by atoms with Gasteiger partial charge in [0.25, 0.3) is 0 Å². The maximum atomic E-state index is 5.35. The lowest BCUT2D eigenvalue weighted by Crippen LogP contribution is -2.19. The van der Waals surface area contributed by atoms with Crippen LogP contribution in [0, 0.1) is 6.92 Å². The van der Waals surface area contributed by atoms with E-state index < -0.39 is 0 Å². The van der Waals surface area contributed by atoms with Crippen LogP contribution >= 0.6 is 12.2 Å². The van der Waals surface area contributed by atoms with Crippen molar-refractivity contribution >= 4 is 28.7 Å². The lowest BCUT2D eigenvalue weighted by Gasteiger charge is -2.14. The van der Waals surface area contributed by atoms with Crippen LogP contribution in [0.2, 0.25) is 0 Å². The van der Waals surface area contributed by atoms with E-state index >= 15 is 0 Å². The summed E-state index contributed by atoms with van der Waals surface area (Å²) in [6, 6.07) is 14.2. The number of hydrogen-bond acceptors (Lipinski definition) is 2. The van der Waals surface area contributed by atoms with Crippen LogP contribution in [-0.2, 0) is 6.42 Å². The molecule has 0 bridgehead atoms. The van der Waals surface area contributed by atoms with Gasteiger partial charge in [-0.1, -0.05) is 25.1 Å². The van der Waals surface area contributed by atoms with Gasteiger partial charge in [-0.25, -0.2) is 0 Å². The third kappa shape index (κ3) is 4.20. The quantitative estimate of drug-likeness (QED) is 0.821. The number of hydrogen-bond donors (Lipinski definition) is 2. The van der Waals surface area contributed by atoms with Gasteiger partial charge in [0.2, 0.25) is 0 Å². The highest BCUT2D eigenvalue weighted by Gasteiger charge is 2.05. The van der Waals surface area contributed by atoms with Gasteiger partial charge < -0.3 is 15.4 Å². The van der Waals surface area contributed by atoms with Crippen LogP contribution in [0.25, 0.3) is 0 Å². The second kappa shape index (κ2) is 7.09. The van der Waals surface area contributed by atoms with Crippen molar-refractivity contribution < 1.29 is 4.74 Å². The number of methoxy groups -OCH3 is 1.